The largest absolute Gasteiger partial charge is 0.478 e. The molecule has 6 heteroatoms. The SMILES string of the molecule is CCn1cc(NC(=O)C(C)=C(C)C(=O)O)cn1. The number of aromatic nitrogens is 2. The number of carbonyl (C=O) groups excluding carboxylic acids is 1. The summed E-state index contributed by atoms with van der Waals surface area (Å²) in [6, 6.07) is 0. The lowest BCUT2D eigenvalue weighted by Gasteiger charge is -2.04. The van der Waals surface area contributed by atoms with Crippen molar-refractivity contribution in [3.8, 4) is 0 Å². The molecule has 0 aliphatic rings. The van der Waals surface area contributed by atoms with E-state index in [0.717, 1.165) is 0 Å². The van der Waals surface area contributed by atoms with Crippen LogP contribution in [0.1, 0.15) is 20.8 Å². The van der Waals surface area contributed by atoms with Gasteiger partial charge < -0.3 is 10.4 Å². The summed E-state index contributed by atoms with van der Waals surface area (Å²) in [6.07, 6.45) is 3.20. The predicted molar refractivity (Wildman–Crippen MR) is 62.5 cm³/mol. The van der Waals surface area contributed by atoms with Gasteiger partial charge in [-0.1, -0.05) is 0 Å². The minimum absolute atomic E-state index is 0.0328. The van der Waals surface area contributed by atoms with Crippen molar-refractivity contribution in [1.82, 2.24) is 9.78 Å². The third-order valence-electron chi connectivity index (χ3n) is 2.44. The average molecular weight is 237 g/mol. The Hall–Kier alpha value is -2.11. The molecule has 0 atom stereocenters. The smallest absolute Gasteiger partial charge is 0.331 e. The summed E-state index contributed by atoms with van der Waals surface area (Å²) in [7, 11) is 0. The number of hydrogen-bond acceptors (Lipinski definition) is 3. The van der Waals surface area contributed by atoms with Gasteiger partial charge in [0.25, 0.3) is 5.91 Å². The number of carboxylic acid groups (broad SMARTS) is 1. The van der Waals surface area contributed by atoms with E-state index < -0.39 is 11.9 Å². The first-order chi connectivity index (χ1) is 7.95. The van der Waals surface area contributed by atoms with E-state index in [2.05, 4.69) is 10.4 Å². The molecule has 0 saturated heterocycles. The molecule has 0 bridgehead atoms. The first-order valence-corrected chi connectivity index (χ1v) is 5.20. The van der Waals surface area contributed by atoms with E-state index in [1.807, 2.05) is 6.92 Å². The van der Waals surface area contributed by atoms with E-state index >= 15 is 0 Å². The van der Waals surface area contributed by atoms with Crippen LogP contribution in [0.15, 0.2) is 23.5 Å². The summed E-state index contributed by atoms with van der Waals surface area (Å²) in [6.45, 7) is 5.51. The Morgan fingerprint density at radius 2 is 2.06 bits per heavy atom. The molecule has 0 saturated carbocycles. The normalized spacial score (nSPS) is 11.9. The van der Waals surface area contributed by atoms with Gasteiger partial charge in [0, 0.05) is 23.9 Å². The van der Waals surface area contributed by atoms with Gasteiger partial charge in [0.15, 0.2) is 0 Å². The fourth-order valence-corrected chi connectivity index (χ4v) is 1.16. The van der Waals surface area contributed by atoms with Crippen molar-refractivity contribution in [2.45, 2.75) is 27.3 Å². The number of rotatable bonds is 4. The molecule has 0 aromatic carbocycles. The van der Waals surface area contributed by atoms with Crippen LogP contribution in [0.2, 0.25) is 0 Å². The number of carboxylic acids is 1. The average Bonchev–Trinajstić information content (AvgIpc) is 2.74. The number of aliphatic carboxylic acids is 1. The van der Waals surface area contributed by atoms with Crippen LogP contribution in [0.5, 0.6) is 0 Å². The van der Waals surface area contributed by atoms with Crippen molar-refractivity contribution in [3.63, 3.8) is 0 Å². The summed E-state index contributed by atoms with van der Waals surface area (Å²) < 4.78 is 1.67. The van der Waals surface area contributed by atoms with E-state index in [1.54, 1.807) is 10.9 Å². The second kappa shape index (κ2) is 5.29. The lowest BCUT2D eigenvalue weighted by molar-refractivity contribution is -0.133. The molecule has 6 nitrogen and oxygen atoms in total. The lowest BCUT2D eigenvalue weighted by Crippen LogP contribution is -2.15. The van der Waals surface area contributed by atoms with Gasteiger partial charge in [-0.25, -0.2) is 4.79 Å². The maximum Gasteiger partial charge on any atom is 0.331 e. The van der Waals surface area contributed by atoms with E-state index in [-0.39, 0.29) is 11.1 Å². The number of hydrogen-bond donors (Lipinski definition) is 2. The molecular formula is C11H15N3O3. The van der Waals surface area contributed by atoms with Gasteiger partial charge in [-0.2, -0.15) is 5.10 Å². The molecule has 0 aliphatic carbocycles. The Morgan fingerprint density at radius 3 is 2.53 bits per heavy atom. The van der Waals surface area contributed by atoms with Gasteiger partial charge in [0.2, 0.25) is 0 Å². The van der Waals surface area contributed by atoms with Crippen molar-refractivity contribution >= 4 is 17.6 Å². The molecule has 0 spiro atoms. The van der Waals surface area contributed by atoms with Gasteiger partial charge in [-0.15, -0.1) is 0 Å². The number of nitrogens with one attached hydrogen (secondary N) is 1. The van der Waals surface area contributed by atoms with Crippen LogP contribution in [-0.4, -0.2) is 26.8 Å². The van der Waals surface area contributed by atoms with Crippen LogP contribution < -0.4 is 5.32 Å². The first-order valence-electron chi connectivity index (χ1n) is 5.20. The molecule has 0 aliphatic heterocycles. The Kier molecular flexibility index (Phi) is 4.03. The molecule has 1 amide bonds. The molecule has 1 aromatic heterocycles. The Labute approximate surface area is 98.9 Å². The number of nitrogens with zero attached hydrogens (tertiary/aromatic N) is 2. The second-order valence-corrected chi connectivity index (χ2v) is 3.59. The number of carbonyl (C=O) groups is 2. The second-order valence-electron chi connectivity index (χ2n) is 3.59. The standard InChI is InChI=1S/C11H15N3O3/c1-4-14-6-9(5-12-14)13-10(15)7(2)8(3)11(16)17/h5-6H,4H2,1-3H3,(H,13,15)(H,16,17). The number of aryl methyl sites for hydroxylation is 1. The van der Waals surface area contributed by atoms with Crippen LogP contribution in [-0.2, 0) is 16.1 Å². The fourth-order valence-electron chi connectivity index (χ4n) is 1.16. The summed E-state index contributed by atoms with van der Waals surface area (Å²) in [5, 5.41) is 15.3. The fraction of sp³-hybridized carbons (Fsp3) is 0.364. The van der Waals surface area contributed by atoms with E-state index in [1.165, 1.54) is 20.0 Å². The minimum Gasteiger partial charge on any atom is -0.478 e. The zero-order valence-electron chi connectivity index (χ0n) is 10.0. The molecule has 1 rings (SSSR count). The van der Waals surface area contributed by atoms with E-state index in [4.69, 9.17) is 5.11 Å². The molecule has 0 fully saturated rings. The highest BCUT2D eigenvalue weighted by atomic mass is 16.4. The summed E-state index contributed by atoms with van der Waals surface area (Å²) >= 11 is 0. The third-order valence-corrected chi connectivity index (χ3v) is 2.44. The zero-order valence-corrected chi connectivity index (χ0v) is 10.0. The molecular weight excluding hydrogens is 222 g/mol. The van der Waals surface area contributed by atoms with E-state index in [0.29, 0.717) is 12.2 Å². The van der Waals surface area contributed by atoms with Crippen molar-refractivity contribution in [2.75, 3.05) is 5.32 Å². The molecule has 17 heavy (non-hydrogen) atoms. The molecule has 0 unspecified atom stereocenters. The lowest BCUT2D eigenvalue weighted by atomic mass is 10.1. The van der Waals surface area contributed by atoms with Gasteiger partial charge in [0.1, 0.15) is 0 Å². The van der Waals surface area contributed by atoms with Crippen LogP contribution in [0.25, 0.3) is 0 Å². The Balaban J connectivity index is 2.79. The maximum absolute atomic E-state index is 11.7. The Morgan fingerprint density at radius 1 is 1.41 bits per heavy atom. The highest BCUT2D eigenvalue weighted by molar-refractivity contribution is 6.07. The van der Waals surface area contributed by atoms with Gasteiger partial charge in [-0.05, 0) is 20.8 Å². The molecule has 92 valence electrons. The van der Waals surface area contributed by atoms with Gasteiger partial charge >= 0.3 is 5.97 Å². The third kappa shape index (κ3) is 3.17. The zero-order chi connectivity index (χ0) is 13.0. The van der Waals surface area contributed by atoms with Gasteiger partial charge in [-0.3, -0.25) is 9.48 Å². The molecule has 2 N–H and O–H groups in total. The van der Waals surface area contributed by atoms with Crippen molar-refractivity contribution in [2.24, 2.45) is 0 Å². The monoisotopic (exact) mass is 237 g/mol. The highest BCUT2D eigenvalue weighted by Crippen LogP contribution is 2.09. The summed E-state index contributed by atoms with van der Waals surface area (Å²) in [4.78, 5) is 22.4. The number of amides is 1. The quantitative estimate of drug-likeness (QED) is 0.772. The number of anilines is 1. The van der Waals surface area contributed by atoms with Crippen molar-refractivity contribution in [1.29, 1.82) is 0 Å². The van der Waals surface area contributed by atoms with E-state index in [9.17, 15) is 9.59 Å². The van der Waals surface area contributed by atoms with Crippen LogP contribution in [0.3, 0.4) is 0 Å². The molecule has 1 aromatic rings. The van der Waals surface area contributed by atoms with Crippen LogP contribution >= 0.6 is 0 Å². The van der Waals surface area contributed by atoms with Gasteiger partial charge in [0.05, 0.1) is 11.9 Å². The minimum atomic E-state index is -1.10. The topological polar surface area (TPSA) is 84.2 Å². The van der Waals surface area contributed by atoms with Crippen molar-refractivity contribution in [3.05, 3.63) is 23.5 Å². The maximum atomic E-state index is 11.7. The first kappa shape index (κ1) is 13.0. The summed E-state index contributed by atoms with van der Waals surface area (Å²) in [5.41, 5.74) is 0.765. The molecule has 0 radical (unpaired) electrons. The predicted octanol–water partition coefficient (Wildman–Crippen LogP) is 1.26. The van der Waals surface area contributed by atoms with Crippen LogP contribution in [0.4, 0.5) is 5.69 Å². The van der Waals surface area contributed by atoms with Crippen molar-refractivity contribution < 1.29 is 14.7 Å². The summed E-state index contributed by atoms with van der Waals surface area (Å²) in [5.74, 6) is -1.53. The Bertz CT molecular complexity index is 474. The highest BCUT2D eigenvalue weighted by Gasteiger charge is 2.13. The van der Waals surface area contributed by atoms with Crippen LogP contribution in [0, 0.1) is 0 Å². The molecule has 1 heterocycles.